The summed E-state index contributed by atoms with van der Waals surface area (Å²) in [4.78, 5) is 48.9. The lowest BCUT2D eigenvalue weighted by Crippen LogP contribution is -2.45. The van der Waals surface area contributed by atoms with Crippen LogP contribution in [0.1, 0.15) is 12.8 Å². The van der Waals surface area contributed by atoms with Gasteiger partial charge >= 0.3 is 0 Å². The molecule has 4 amide bonds. The zero-order valence-corrected chi connectivity index (χ0v) is 11.5. The number of hydrogen-bond acceptors (Lipinski definition) is 6. The molecule has 20 heavy (non-hydrogen) atoms. The molecule has 2 aliphatic rings. The van der Waals surface area contributed by atoms with Crippen molar-refractivity contribution in [1.82, 2.24) is 20.4 Å². The van der Waals surface area contributed by atoms with Crippen molar-refractivity contribution in [2.24, 2.45) is 0 Å². The van der Waals surface area contributed by atoms with Crippen LogP contribution in [0, 0.1) is 0 Å². The van der Waals surface area contributed by atoms with E-state index in [0.717, 1.165) is 0 Å². The summed E-state index contributed by atoms with van der Waals surface area (Å²) in [5.41, 5.74) is 0. The Hall–Kier alpha value is -1.80. The van der Waals surface area contributed by atoms with Crippen molar-refractivity contribution in [3.05, 3.63) is 0 Å². The van der Waals surface area contributed by atoms with Crippen LogP contribution >= 0.6 is 0 Å². The highest BCUT2D eigenvalue weighted by Crippen LogP contribution is 2.11. The molecule has 8 nitrogen and oxygen atoms in total. The van der Waals surface area contributed by atoms with Crippen molar-refractivity contribution in [2.75, 3.05) is 27.2 Å². The summed E-state index contributed by atoms with van der Waals surface area (Å²) in [5.74, 6) is -1.09. The van der Waals surface area contributed by atoms with Crippen LogP contribution in [-0.4, -0.2) is 72.7 Å². The van der Waals surface area contributed by atoms with E-state index in [1.165, 1.54) is 0 Å². The van der Waals surface area contributed by atoms with E-state index >= 15 is 0 Å². The predicted molar refractivity (Wildman–Crippen MR) is 68.4 cm³/mol. The van der Waals surface area contributed by atoms with Gasteiger partial charge in [0, 0.05) is 13.1 Å². The Bertz CT molecular complexity index is 422. The molecule has 2 N–H and O–H groups in total. The predicted octanol–water partition coefficient (Wildman–Crippen LogP) is -2.32. The lowest BCUT2D eigenvalue weighted by Gasteiger charge is -2.26. The Morgan fingerprint density at radius 2 is 1.20 bits per heavy atom. The summed E-state index contributed by atoms with van der Waals surface area (Å²) in [5, 5.41) is 4.52. The van der Waals surface area contributed by atoms with Gasteiger partial charge in [0.25, 0.3) is 0 Å². The molecule has 110 valence electrons. The number of nitrogens with one attached hydrogen (secondary N) is 2. The van der Waals surface area contributed by atoms with Crippen molar-refractivity contribution in [2.45, 2.75) is 24.9 Å². The van der Waals surface area contributed by atoms with Gasteiger partial charge in [-0.05, 0) is 14.1 Å². The maximum atomic E-state index is 11.5. The molecule has 0 saturated carbocycles. The molecular formula is C12H18N4O4. The molecule has 8 heteroatoms. The fourth-order valence-electron chi connectivity index (χ4n) is 2.42. The van der Waals surface area contributed by atoms with Crippen molar-refractivity contribution in [3.63, 3.8) is 0 Å². The van der Waals surface area contributed by atoms with Crippen LogP contribution in [0.4, 0.5) is 0 Å². The maximum Gasteiger partial charge on any atom is 0.244 e. The monoisotopic (exact) mass is 282 g/mol. The highest BCUT2D eigenvalue weighted by atomic mass is 16.2. The molecule has 2 fully saturated rings. The SMILES string of the molecule is CN(CCN(C)C1CC(=O)NC1=O)C1CC(=O)NC1=O. The highest BCUT2D eigenvalue weighted by molar-refractivity contribution is 6.06. The van der Waals surface area contributed by atoms with Gasteiger partial charge in [0.05, 0.1) is 24.9 Å². The molecular weight excluding hydrogens is 264 g/mol. The zero-order valence-electron chi connectivity index (χ0n) is 11.5. The maximum absolute atomic E-state index is 11.5. The second kappa shape index (κ2) is 5.68. The second-order valence-electron chi connectivity index (χ2n) is 5.23. The van der Waals surface area contributed by atoms with Crippen LogP contribution in [0.3, 0.4) is 0 Å². The average molecular weight is 282 g/mol. The minimum Gasteiger partial charge on any atom is -0.295 e. The van der Waals surface area contributed by atoms with E-state index < -0.39 is 12.1 Å². The summed E-state index contributed by atoms with van der Waals surface area (Å²) in [7, 11) is 3.52. The number of hydrogen-bond donors (Lipinski definition) is 2. The fraction of sp³-hybridized carbons (Fsp3) is 0.667. The first-order chi connectivity index (χ1) is 9.38. The molecule has 2 heterocycles. The van der Waals surface area contributed by atoms with Gasteiger partial charge in [-0.15, -0.1) is 0 Å². The van der Waals surface area contributed by atoms with Crippen molar-refractivity contribution < 1.29 is 19.2 Å². The largest absolute Gasteiger partial charge is 0.295 e. The van der Waals surface area contributed by atoms with E-state index in [0.29, 0.717) is 13.1 Å². The number of amides is 4. The van der Waals surface area contributed by atoms with Crippen molar-refractivity contribution in [3.8, 4) is 0 Å². The van der Waals surface area contributed by atoms with E-state index in [4.69, 9.17) is 0 Å². The standard InChI is InChI=1S/C12H18N4O4/c1-15(7-5-9(17)13-11(7)19)3-4-16(2)8-6-10(18)14-12(8)20/h7-8H,3-6H2,1-2H3,(H,13,17,19)(H,14,18,20). The summed E-state index contributed by atoms with van der Waals surface area (Å²) in [6.07, 6.45) is 0.336. The molecule has 0 aromatic rings. The lowest BCUT2D eigenvalue weighted by atomic mass is 10.2. The molecule has 0 aromatic heterocycles. The first kappa shape index (κ1) is 14.6. The minimum atomic E-state index is -0.449. The van der Waals surface area contributed by atoms with E-state index in [2.05, 4.69) is 10.6 Å². The number of nitrogens with zero attached hydrogens (tertiary/aromatic N) is 2. The van der Waals surface area contributed by atoms with Crippen LogP contribution in [-0.2, 0) is 19.2 Å². The Balaban J connectivity index is 1.82. The molecule has 2 unspecified atom stereocenters. The summed E-state index contributed by atoms with van der Waals surface area (Å²) in [6, 6.07) is -0.898. The third-order valence-electron chi connectivity index (χ3n) is 3.76. The third kappa shape index (κ3) is 3.02. The molecule has 2 atom stereocenters. The van der Waals surface area contributed by atoms with E-state index in [9.17, 15) is 19.2 Å². The third-order valence-corrected chi connectivity index (χ3v) is 3.76. The topological polar surface area (TPSA) is 98.8 Å². The second-order valence-corrected chi connectivity index (χ2v) is 5.23. The van der Waals surface area contributed by atoms with Gasteiger partial charge in [-0.3, -0.25) is 39.6 Å². The summed E-state index contributed by atoms with van der Waals surface area (Å²) >= 11 is 0. The van der Waals surface area contributed by atoms with Crippen LogP contribution in [0.5, 0.6) is 0 Å². The smallest absolute Gasteiger partial charge is 0.244 e. The first-order valence-corrected chi connectivity index (χ1v) is 6.46. The summed E-state index contributed by atoms with van der Waals surface area (Å²) in [6.45, 7) is 1.06. The van der Waals surface area contributed by atoms with Gasteiger partial charge < -0.3 is 0 Å². The molecule has 0 bridgehead atoms. The summed E-state index contributed by atoms with van der Waals surface area (Å²) < 4.78 is 0. The molecule has 0 spiro atoms. The normalized spacial score (nSPS) is 26.6. The number of carbonyl (C=O) groups excluding carboxylic acids is 4. The number of carbonyl (C=O) groups is 4. The molecule has 0 aromatic carbocycles. The van der Waals surface area contributed by atoms with Gasteiger partial charge in [0.15, 0.2) is 0 Å². The van der Waals surface area contributed by atoms with Crippen LogP contribution < -0.4 is 10.6 Å². The molecule has 0 aliphatic carbocycles. The molecule has 2 rings (SSSR count). The Morgan fingerprint density at radius 3 is 1.45 bits per heavy atom. The van der Waals surface area contributed by atoms with Gasteiger partial charge in [0.2, 0.25) is 23.6 Å². The van der Waals surface area contributed by atoms with Crippen molar-refractivity contribution in [1.29, 1.82) is 0 Å². The quantitative estimate of drug-likeness (QED) is 0.549. The lowest BCUT2D eigenvalue weighted by molar-refractivity contribution is -0.128. The zero-order chi connectivity index (χ0) is 14.9. The molecule has 2 saturated heterocycles. The van der Waals surface area contributed by atoms with Crippen LogP contribution in [0.15, 0.2) is 0 Å². The average Bonchev–Trinajstić information content (AvgIpc) is 2.88. The number of rotatable bonds is 5. The van der Waals surface area contributed by atoms with Gasteiger partial charge in [-0.1, -0.05) is 0 Å². The Kier molecular flexibility index (Phi) is 4.15. The van der Waals surface area contributed by atoms with Crippen LogP contribution in [0.25, 0.3) is 0 Å². The molecule has 2 aliphatic heterocycles. The van der Waals surface area contributed by atoms with E-state index in [1.807, 2.05) is 0 Å². The fourth-order valence-corrected chi connectivity index (χ4v) is 2.42. The first-order valence-electron chi connectivity index (χ1n) is 6.46. The number of imide groups is 2. The van der Waals surface area contributed by atoms with Crippen LogP contribution in [0.2, 0.25) is 0 Å². The van der Waals surface area contributed by atoms with E-state index in [1.54, 1.807) is 23.9 Å². The number of likely N-dealkylation sites (N-methyl/N-ethyl adjacent to an activating group) is 2. The van der Waals surface area contributed by atoms with E-state index in [-0.39, 0.29) is 36.5 Å². The van der Waals surface area contributed by atoms with Crippen molar-refractivity contribution >= 4 is 23.6 Å². The molecule has 0 radical (unpaired) electrons. The Labute approximate surface area is 116 Å². The highest BCUT2D eigenvalue weighted by Gasteiger charge is 2.35. The minimum absolute atomic E-state index is 0.168. The van der Waals surface area contributed by atoms with Gasteiger partial charge in [0.1, 0.15) is 0 Å². The van der Waals surface area contributed by atoms with Gasteiger partial charge in [-0.25, -0.2) is 0 Å². The Morgan fingerprint density at radius 1 is 0.850 bits per heavy atom. The van der Waals surface area contributed by atoms with Gasteiger partial charge in [-0.2, -0.15) is 0 Å².